The number of nitrogens with zero attached hydrogens (tertiary/aromatic N) is 1. The van der Waals surface area contributed by atoms with E-state index in [1.807, 2.05) is 0 Å². The number of rotatable bonds is 7. The molecule has 0 radical (unpaired) electrons. The number of primary sulfonamides is 1. The quantitative estimate of drug-likeness (QED) is 0.339. The highest BCUT2D eigenvalue weighted by Gasteiger charge is 2.45. The number of carbonyl (C=O) groups is 2. The molecule has 4 aromatic rings. The summed E-state index contributed by atoms with van der Waals surface area (Å²) in [6.07, 6.45) is 0. The number of sulfonamides is 1. The molecule has 1 unspecified atom stereocenters. The third-order valence-corrected chi connectivity index (χ3v) is 7.21. The Morgan fingerprint density at radius 2 is 1.68 bits per heavy atom. The molecule has 0 aliphatic carbocycles. The number of anilines is 1. The number of aliphatic hydroxyl groups is 1. The van der Waals surface area contributed by atoms with Gasteiger partial charge in [-0.1, -0.05) is 24.3 Å². The first-order valence-electron chi connectivity index (χ1n) is 11.3. The minimum atomic E-state index is -3.97. The largest absolute Gasteiger partial charge is 0.503 e. The second-order valence-corrected chi connectivity index (χ2v) is 10.0. The third-order valence-electron chi connectivity index (χ3n) is 6.28. The van der Waals surface area contributed by atoms with Crippen molar-refractivity contribution in [3.05, 3.63) is 95.5 Å². The number of fused-ring (bicyclic) bond motifs is 1. The molecule has 2 heterocycles. The van der Waals surface area contributed by atoms with Crippen molar-refractivity contribution in [2.45, 2.75) is 10.9 Å². The molecule has 0 spiro atoms. The van der Waals surface area contributed by atoms with E-state index in [1.165, 1.54) is 49.5 Å². The number of nitrogens with two attached hydrogens (primary N) is 1. The van der Waals surface area contributed by atoms with Gasteiger partial charge >= 0.3 is 0 Å². The monoisotopic (exact) mass is 534 g/mol. The summed E-state index contributed by atoms with van der Waals surface area (Å²) in [7, 11) is -0.996. The smallest absolute Gasteiger partial charge is 0.294 e. The van der Waals surface area contributed by atoms with Crippen LogP contribution in [0.2, 0.25) is 0 Å². The van der Waals surface area contributed by atoms with Gasteiger partial charge in [-0.2, -0.15) is 0 Å². The summed E-state index contributed by atoms with van der Waals surface area (Å²) in [5.41, 5.74) is 0.882. The van der Waals surface area contributed by atoms with E-state index in [4.69, 9.17) is 19.0 Å². The number of hydrogen-bond acceptors (Lipinski definition) is 8. The average molecular weight is 535 g/mol. The normalized spacial score (nSPS) is 15.8. The lowest BCUT2D eigenvalue weighted by Crippen LogP contribution is -2.31. The predicted molar refractivity (Wildman–Crippen MR) is 138 cm³/mol. The van der Waals surface area contributed by atoms with Crippen LogP contribution in [-0.4, -0.2) is 39.4 Å². The number of benzene rings is 3. The molecule has 1 aromatic heterocycles. The highest BCUT2D eigenvalue weighted by atomic mass is 32.2. The van der Waals surface area contributed by atoms with E-state index in [-0.39, 0.29) is 21.9 Å². The fourth-order valence-corrected chi connectivity index (χ4v) is 4.96. The van der Waals surface area contributed by atoms with Gasteiger partial charge in [-0.25, -0.2) is 13.6 Å². The Bertz CT molecular complexity index is 1700. The number of para-hydroxylation sites is 1. The lowest BCUT2D eigenvalue weighted by Gasteiger charge is -2.27. The molecule has 0 saturated carbocycles. The van der Waals surface area contributed by atoms with Crippen LogP contribution < -0.4 is 19.5 Å². The average Bonchev–Trinajstić information content (AvgIpc) is 3.47. The lowest BCUT2D eigenvalue weighted by molar-refractivity contribution is -0.117. The van der Waals surface area contributed by atoms with Gasteiger partial charge in [0.1, 0.15) is 5.75 Å². The van der Waals surface area contributed by atoms with Crippen molar-refractivity contribution in [1.82, 2.24) is 0 Å². The third kappa shape index (κ3) is 4.17. The van der Waals surface area contributed by atoms with E-state index in [0.29, 0.717) is 28.0 Å². The van der Waals surface area contributed by atoms with Crippen LogP contribution in [0.5, 0.6) is 11.5 Å². The first-order chi connectivity index (χ1) is 18.1. The number of amides is 1. The van der Waals surface area contributed by atoms with Crippen LogP contribution in [0, 0.1) is 0 Å². The predicted octanol–water partition coefficient (Wildman–Crippen LogP) is 3.88. The van der Waals surface area contributed by atoms with Crippen LogP contribution in [-0.2, 0) is 14.8 Å². The van der Waals surface area contributed by atoms with E-state index >= 15 is 0 Å². The zero-order valence-corrected chi connectivity index (χ0v) is 21.1. The molecule has 3 aromatic carbocycles. The fraction of sp³-hybridized carbons (Fsp3) is 0.111. The zero-order valence-electron chi connectivity index (χ0n) is 20.2. The topological polar surface area (TPSA) is 149 Å². The Kier molecular flexibility index (Phi) is 6.17. The second-order valence-electron chi connectivity index (χ2n) is 8.47. The van der Waals surface area contributed by atoms with E-state index in [1.54, 1.807) is 42.5 Å². The van der Waals surface area contributed by atoms with Gasteiger partial charge in [0.2, 0.25) is 15.8 Å². The maximum Gasteiger partial charge on any atom is 0.294 e. The van der Waals surface area contributed by atoms with Gasteiger partial charge in [-0.05, 0) is 54.1 Å². The molecule has 194 valence electrons. The number of carbonyl (C=O) groups excluding carboxylic acids is 2. The molecular weight excluding hydrogens is 512 g/mol. The Hall–Kier alpha value is -4.61. The number of aliphatic hydroxyl groups excluding tert-OH is 1. The molecular formula is C27H22N2O8S. The van der Waals surface area contributed by atoms with Gasteiger partial charge < -0.3 is 19.0 Å². The van der Waals surface area contributed by atoms with Crippen LogP contribution in [0.4, 0.5) is 5.69 Å². The van der Waals surface area contributed by atoms with Crippen molar-refractivity contribution in [2.75, 3.05) is 19.1 Å². The van der Waals surface area contributed by atoms with Crippen LogP contribution in [0.25, 0.3) is 11.0 Å². The molecule has 1 amide bonds. The van der Waals surface area contributed by atoms with Crippen LogP contribution >= 0.6 is 0 Å². The Labute approximate surface area is 217 Å². The molecule has 11 heteroatoms. The lowest BCUT2D eigenvalue weighted by atomic mass is 9.94. The van der Waals surface area contributed by atoms with Crippen molar-refractivity contribution < 1.29 is 37.0 Å². The van der Waals surface area contributed by atoms with Crippen molar-refractivity contribution in [3.63, 3.8) is 0 Å². The summed E-state index contributed by atoms with van der Waals surface area (Å²) < 4.78 is 39.8. The SMILES string of the molecule is COc1ccc(C2C(C(=O)c3cc4cccc(OC)c4o3)=C(O)C(=O)N2c2ccc(S(N)(=O)=O)cc2)cc1. The Morgan fingerprint density at radius 3 is 2.29 bits per heavy atom. The van der Waals surface area contributed by atoms with Crippen LogP contribution in [0.15, 0.2) is 93.4 Å². The molecule has 0 fully saturated rings. The summed E-state index contributed by atoms with van der Waals surface area (Å²) in [6, 6.07) is 17.5. The Balaban J connectivity index is 1.64. The molecule has 5 rings (SSSR count). The minimum Gasteiger partial charge on any atom is -0.503 e. The molecule has 1 atom stereocenters. The summed E-state index contributed by atoms with van der Waals surface area (Å²) in [6.45, 7) is 0. The molecule has 1 aliphatic rings. The van der Waals surface area contributed by atoms with E-state index in [2.05, 4.69) is 0 Å². The van der Waals surface area contributed by atoms with Gasteiger partial charge in [0.05, 0.1) is 30.7 Å². The maximum atomic E-state index is 13.8. The summed E-state index contributed by atoms with van der Waals surface area (Å²) in [5.74, 6) is -1.41. The summed E-state index contributed by atoms with van der Waals surface area (Å²) >= 11 is 0. The number of furan rings is 1. The van der Waals surface area contributed by atoms with Crippen LogP contribution in [0.3, 0.4) is 0 Å². The van der Waals surface area contributed by atoms with Crippen molar-refractivity contribution in [1.29, 1.82) is 0 Å². The maximum absolute atomic E-state index is 13.8. The number of Topliss-reactive ketones (excluding diaryl/α,β-unsaturated/α-hetero) is 1. The number of ether oxygens (including phenoxy) is 2. The number of methoxy groups -OCH3 is 2. The van der Waals surface area contributed by atoms with E-state index in [0.717, 1.165) is 0 Å². The fourth-order valence-electron chi connectivity index (χ4n) is 4.44. The molecule has 10 nitrogen and oxygen atoms in total. The molecule has 0 saturated heterocycles. The van der Waals surface area contributed by atoms with Crippen molar-refractivity contribution in [2.24, 2.45) is 5.14 Å². The standard InChI is InChI=1S/C27H22N2O8S/c1-35-18-10-6-15(7-11-18)23-22(24(30)21-14-16-4-3-5-20(36-2)26(16)37-21)25(31)27(32)29(23)17-8-12-19(13-9-17)38(28,33)34/h3-14,23,31H,1-2H3,(H2,28,33,34). The molecule has 1 aliphatic heterocycles. The van der Waals surface area contributed by atoms with Gasteiger partial charge in [-0.3, -0.25) is 14.5 Å². The van der Waals surface area contributed by atoms with Gasteiger partial charge in [0.25, 0.3) is 5.91 Å². The first kappa shape index (κ1) is 25.1. The molecule has 38 heavy (non-hydrogen) atoms. The summed E-state index contributed by atoms with van der Waals surface area (Å²) in [5, 5.41) is 16.8. The van der Waals surface area contributed by atoms with E-state index in [9.17, 15) is 23.1 Å². The van der Waals surface area contributed by atoms with Gasteiger partial charge in [0, 0.05) is 11.1 Å². The first-order valence-corrected chi connectivity index (χ1v) is 12.8. The number of ketones is 1. The van der Waals surface area contributed by atoms with Crippen molar-refractivity contribution in [3.8, 4) is 11.5 Å². The van der Waals surface area contributed by atoms with Gasteiger partial charge in [0.15, 0.2) is 22.9 Å². The second kappa shape index (κ2) is 9.36. The highest BCUT2D eigenvalue weighted by Crippen LogP contribution is 2.43. The summed E-state index contributed by atoms with van der Waals surface area (Å²) in [4.78, 5) is 28.2. The van der Waals surface area contributed by atoms with Crippen LogP contribution in [0.1, 0.15) is 22.2 Å². The zero-order chi connectivity index (χ0) is 27.2. The number of hydrogen-bond donors (Lipinski definition) is 2. The van der Waals surface area contributed by atoms with Gasteiger partial charge in [-0.15, -0.1) is 0 Å². The minimum absolute atomic E-state index is 0.0937. The molecule has 3 N–H and O–H groups in total. The van der Waals surface area contributed by atoms with E-state index < -0.39 is 33.5 Å². The van der Waals surface area contributed by atoms with Crippen molar-refractivity contribution >= 4 is 38.4 Å². The Morgan fingerprint density at radius 1 is 1.00 bits per heavy atom. The highest BCUT2D eigenvalue weighted by molar-refractivity contribution is 7.89. The molecule has 0 bridgehead atoms.